The van der Waals surface area contributed by atoms with Crippen LogP contribution in [0.2, 0.25) is 0 Å². The number of aromatic nitrogens is 2. The summed E-state index contributed by atoms with van der Waals surface area (Å²) in [5, 5.41) is 13.8. The fourth-order valence-corrected chi connectivity index (χ4v) is 3.19. The zero-order valence-corrected chi connectivity index (χ0v) is 13.8. The molecule has 2 heterocycles. The number of anilines is 1. The molecule has 0 amide bonds. The minimum Gasteiger partial charge on any atom is -0.489 e. The van der Waals surface area contributed by atoms with Crippen molar-refractivity contribution in [2.24, 2.45) is 0 Å². The van der Waals surface area contributed by atoms with Crippen LogP contribution in [0.15, 0.2) is 34.4 Å². The van der Waals surface area contributed by atoms with Crippen molar-refractivity contribution in [2.75, 3.05) is 18.5 Å². The smallest absolute Gasteiger partial charge is 0.259 e. The van der Waals surface area contributed by atoms with E-state index >= 15 is 0 Å². The Kier molecular flexibility index (Phi) is 4.77. The Hall–Kier alpha value is -2.45. The summed E-state index contributed by atoms with van der Waals surface area (Å²) in [6.07, 6.45) is 0. The fourth-order valence-electron chi connectivity index (χ4n) is 2.29. The van der Waals surface area contributed by atoms with Crippen molar-refractivity contribution in [3.8, 4) is 5.75 Å². The second-order valence-corrected chi connectivity index (χ2v) is 5.98. The minimum atomic E-state index is -0.430. The molecule has 3 rings (SSSR count). The molecule has 0 fully saturated rings. The van der Waals surface area contributed by atoms with Gasteiger partial charge in [0.05, 0.1) is 24.5 Å². The molecule has 0 aliphatic rings. The highest BCUT2D eigenvalue weighted by atomic mass is 32.1. The molecule has 0 spiro atoms. The summed E-state index contributed by atoms with van der Waals surface area (Å²) < 4.78 is 20.2. The Bertz CT molecular complexity index is 923. The number of hydrogen-bond donors (Lipinski definition) is 2. The monoisotopic (exact) mass is 349 g/mol. The van der Waals surface area contributed by atoms with E-state index in [1.807, 2.05) is 12.3 Å². The van der Waals surface area contributed by atoms with Gasteiger partial charge < -0.3 is 15.2 Å². The average molecular weight is 349 g/mol. The van der Waals surface area contributed by atoms with Gasteiger partial charge in [0.25, 0.3) is 5.56 Å². The van der Waals surface area contributed by atoms with Gasteiger partial charge in [-0.1, -0.05) is 0 Å². The van der Waals surface area contributed by atoms with E-state index in [1.54, 1.807) is 10.5 Å². The zero-order valence-electron chi connectivity index (χ0n) is 13.0. The molecule has 0 radical (unpaired) electrons. The lowest BCUT2D eigenvalue weighted by Crippen LogP contribution is -2.16. The molecule has 2 N–H and O–H groups in total. The van der Waals surface area contributed by atoms with Gasteiger partial charge in [-0.2, -0.15) is 0 Å². The van der Waals surface area contributed by atoms with E-state index in [-0.39, 0.29) is 18.8 Å². The van der Waals surface area contributed by atoms with Crippen molar-refractivity contribution >= 4 is 22.0 Å². The molecule has 24 heavy (non-hydrogen) atoms. The number of hydrogen-bond acceptors (Lipinski definition) is 6. The first-order chi connectivity index (χ1) is 11.6. The molecule has 126 valence electrons. The van der Waals surface area contributed by atoms with Gasteiger partial charge in [0, 0.05) is 23.2 Å². The van der Waals surface area contributed by atoms with Gasteiger partial charge in [-0.3, -0.25) is 9.20 Å². The van der Waals surface area contributed by atoms with Crippen LogP contribution < -0.4 is 15.6 Å². The molecule has 6 nitrogen and oxygen atoms in total. The number of fused-ring (bicyclic) bond motifs is 1. The summed E-state index contributed by atoms with van der Waals surface area (Å²) in [4.78, 5) is 17.2. The molecule has 8 heteroatoms. The number of nitrogens with zero attached hydrogens (tertiary/aromatic N) is 2. The van der Waals surface area contributed by atoms with Crippen molar-refractivity contribution < 1.29 is 14.2 Å². The Morgan fingerprint density at radius 2 is 2.25 bits per heavy atom. The summed E-state index contributed by atoms with van der Waals surface area (Å²) in [7, 11) is 0. The summed E-state index contributed by atoms with van der Waals surface area (Å²) in [6, 6.07) is 5.56. The maximum absolute atomic E-state index is 13.3. The molecule has 0 saturated heterocycles. The van der Waals surface area contributed by atoms with Crippen LogP contribution in [-0.2, 0) is 6.54 Å². The Balaban J connectivity index is 1.82. The third kappa shape index (κ3) is 3.39. The fraction of sp³-hybridized carbons (Fsp3) is 0.250. The molecule has 1 aromatic carbocycles. The molecular weight excluding hydrogens is 333 g/mol. The first-order valence-electron chi connectivity index (χ1n) is 7.32. The number of thiazole rings is 1. The maximum Gasteiger partial charge on any atom is 0.259 e. The highest BCUT2D eigenvalue weighted by Gasteiger charge is 2.09. The first-order valence-corrected chi connectivity index (χ1v) is 8.20. The number of ether oxygens (including phenoxy) is 1. The molecule has 0 aliphatic heterocycles. The normalized spacial score (nSPS) is 11.0. The third-order valence-corrected chi connectivity index (χ3v) is 4.32. The van der Waals surface area contributed by atoms with Crippen molar-refractivity contribution in [3.63, 3.8) is 0 Å². The first kappa shape index (κ1) is 16.4. The van der Waals surface area contributed by atoms with E-state index in [1.165, 1.54) is 29.5 Å². The maximum atomic E-state index is 13.3. The van der Waals surface area contributed by atoms with E-state index < -0.39 is 5.82 Å². The predicted octanol–water partition coefficient (Wildman–Crippen LogP) is 2.19. The lowest BCUT2D eigenvalue weighted by molar-refractivity contribution is 0.201. The van der Waals surface area contributed by atoms with Crippen LogP contribution in [0, 0.1) is 12.7 Å². The number of rotatable bonds is 6. The molecule has 0 aliphatic carbocycles. The summed E-state index contributed by atoms with van der Waals surface area (Å²) >= 11 is 1.40. The van der Waals surface area contributed by atoms with E-state index in [4.69, 9.17) is 9.84 Å². The number of aliphatic hydroxyl groups excluding tert-OH is 1. The second kappa shape index (κ2) is 6.98. The lowest BCUT2D eigenvalue weighted by Gasteiger charge is -2.12. The minimum absolute atomic E-state index is 0.0676. The Labute approximate surface area is 141 Å². The van der Waals surface area contributed by atoms with Crippen molar-refractivity contribution in [1.82, 2.24) is 9.38 Å². The van der Waals surface area contributed by atoms with Gasteiger partial charge in [0.1, 0.15) is 18.2 Å². The molecular formula is C16H16FN3O3S. The molecule has 3 aromatic rings. The topological polar surface area (TPSA) is 75.9 Å². The molecule has 0 unspecified atom stereocenters. The zero-order chi connectivity index (χ0) is 17.1. The number of benzene rings is 1. The molecule has 2 aromatic heterocycles. The van der Waals surface area contributed by atoms with E-state index in [0.29, 0.717) is 28.6 Å². The van der Waals surface area contributed by atoms with Crippen LogP contribution in [0.3, 0.4) is 0 Å². The van der Waals surface area contributed by atoms with Gasteiger partial charge in [-0.25, -0.2) is 9.37 Å². The van der Waals surface area contributed by atoms with Gasteiger partial charge in [0.2, 0.25) is 0 Å². The summed E-state index contributed by atoms with van der Waals surface area (Å²) in [5.41, 5.74) is 1.87. The van der Waals surface area contributed by atoms with Crippen molar-refractivity contribution in [1.29, 1.82) is 0 Å². The summed E-state index contributed by atoms with van der Waals surface area (Å²) in [6.45, 7) is 2.05. The SMILES string of the molecule is Cc1csc2nc(CNc3ccc(F)cc3OCCO)cc(=O)n12. The lowest BCUT2D eigenvalue weighted by atomic mass is 10.2. The van der Waals surface area contributed by atoms with Crippen LogP contribution in [0.4, 0.5) is 10.1 Å². The van der Waals surface area contributed by atoms with E-state index in [9.17, 15) is 9.18 Å². The van der Waals surface area contributed by atoms with Gasteiger partial charge in [0.15, 0.2) is 4.96 Å². The van der Waals surface area contributed by atoms with Crippen molar-refractivity contribution in [2.45, 2.75) is 13.5 Å². The van der Waals surface area contributed by atoms with Gasteiger partial charge in [-0.15, -0.1) is 11.3 Å². The molecule has 0 saturated carbocycles. The largest absolute Gasteiger partial charge is 0.489 e. The number of halogens is 1. The quantitative estimate of drug-likeness (QED) is 0.713. The molecule has 0 bridgehead atoms. The van der Waals surface area contributed by atoms with E-state index in [0.717, 1.165) is 5.69 Å². The number of aryl methyl sites for hydroxylation is 1. The van der Waals surface area contributed by atoms with Crippen molar-refractivity contribution in [3.05, 3.63) is 57.2 Å². The predicted molar refractivity (Wildman–Crippen MR) is 90.4 cm³/mol. The Morgan fingerprint density at radius 1 is 1.42 bits per heavy atom. The number of aliphatic hydroxyl groups is 1. The third-order valence-electron chi connectivity index (χ3n) is 3.38. The molecule has 0 atom stereocenters. The highest BCUT2D eigenvalue weighted by Crippen LogP contribution is 2.26. The van der Waals surface area contributed by atoms with Crippen LogP contribution >= 0.6 is 11.3 Å². The second-order valence-electron chi connectivity index (χ2n) is 5.15. The van der Waals surface area contributed by atoms with Gasteiger partial charge in [-0.05, 0) is 19.1 Å². The van der Waals surface area contributed by atoms with Crippen LogP contribution in [0.25, 0.3) is 4.96 Å². The van der Waals surface area contributed by atoms with Gasteiger partial charge >= 0.3 is 0 Å². The summed E-state index contributed by atoms with van der Waals surface area (Å²) in [5.74, 6) is -0.130. The standard InChI is InChI=1S/C16H16FN3O3S/c1-10-9-24-16-19-12(7-15(22)20(10)16)8-18-13-3-2-11(17)6-14(13)23-5-4-21/h2-3,6-7,9,18,21H,4-5,8H2,1H3. The van der Waals surface area contributed by atoms with Crippen LogP contribution in [-0.4, -0.2) is 27.7 Å². The Morgan fingerprint density at radius 3 is 3.04 bits per heavy atom. The highest BCUT2D eigenvalue weighted by molar-refractivity contribution is 7.15. The average Bonchev–Trinajstić information content (AvgIpc) is 2.93. The van der Waals surface area contributed by atoms with Crippen LogP contribution in [0.5, 0.6) is 5.75 Å². The van der Waals surface area contributed by atoms with E-state index in [2.05, 4.69) is 10.3 Å². The van der Waals surface area contributed by atoms with Crippen LogP contribution in [0.1, 0.15) is 11.4 Å². The number of nitrogens with one attached hydrogen (secondary N) is 1.